The molecular weight excluding hydrogens is 290 g/mol. The van der Waals surface area contributed by atoms with Crippen LogP contribution in [0.4, 0.5) is 0 Å². The quantitative estimate of drug-likeness (QED) is 0.875. The molecule has 0 aromatic carbocycles. The minimum Gasteiger partial charge on any atom is -0.393 e. The van der Waals surface area contributed by atoms with Gasteiger partial charge >= 0.3 is 0 Å². The van der Waals surface area contributed by atoms with Crippen LogP contribution in [0.3, 0.4) is 0 Å². The van der Waals surface area contributed by atoms with E-state index in [1.165, 1.54) is 12.8 Å². The molecule has 3 atom stereocenters. The third kappa shape index (κ3) is 3.78. The van der Waals surface area contributed by atoms with Crippen LogP contribution in [0.15, 0.2) is 12.3 Å². The molecule has 3 rings (SSSR count). The molecule has 0 saturated carbocycles. The smallest absolute Gasteiger partial charge is 0.0765 e. The van der Waals surface area contributed by atoms with Crippen molar-refractivity contribution in [3.63, 3.8) is 0 Å². The van der Waals surface area contributed by atoms with E-state index in [0.717, 1.165) is 38.0 Å². The summed E-state index contributed by atoms with van der Waals surface area (Å²) in [5, 5.41) is 15.1. The highest BCUT2D eigenvalue weighted by Gasteiger charge is 2.37. The van der Waals surface area contributed by atoms with Crippen molar-refractivity contribution in [1.29, 1.82) is 0 Å². The summed E-state index contributed by atoms with van der Waals surface area (Å²) in [5.41, 5.74) is 1.15. The van der Waals surface area contributed by atoms with Gasteiger partial charge in [0, 0.05) is 31.3 Å². The maximum Gasteiger partial charge on any atom is 0.0765 e. The average molecular weight is 321 g/mol. The van der Waals surface area contributed by atoms with Gasteiger partial charge in [0.25, 0.3) is 0 Å². The molecule has 130 valence electrons. The number of likely N-dealkylation sites (tertiary alicyclic amines) is 1. The first kappa shape index (κ1) is 16.9. The first-order valence-corrected chi connectivity index (χ1v) is 9.26. The zero-order valence-corrected chi connectivity index (χ0v) is 14.5. The monoisotopic (exact) mass is 321 g/mol. The van der Waals surface area contributed by atoms with Gasteiger partial charge in [-0.15, -0.1) is 0 Å². The van der Waals surface area contributed by atoms with Crippen molar-refractivity contribution in [2.24, 2.45) is 5.92 Å². The Kier molecular flexibility index (Phi) is 5.72. The topological polar surface area (TPSA) is 50.5 Å². The summed E-state index contributed by atoms with van der Waals surface area (Å²) in [6.07, 6.45) is 7.30. The SMILES string of the molecule is CCC(CC)n1ccc(CN2CCC[C@@H]2[C@H]2COCC[C@@H]2O)n1. The number of aromatic nitrogens is 2. The van der Waals surface area contributed by atoms with Crippen molar-refractivity contribution in [3.8, 4) is 0 Å². The summed E-state index contributed by atoms with van der Waals surface area (Å²) in [5.74, 6) is 0.257. The van der Waals surface area contributed by atoms with Crippen LogP contribution in [0, 0.1) is 5.92 Å². The van der Waals surface area contributed by atoms with Crippen LogP contribution >= 0.6 is 0 Å². The minimum absolute atomic E-state index is 0.212. The summed E-state index contributed by atoms with van der Waals surface area (Å²) in [6, 6.07) is 3.09. The zero-order chi connectivity index (χ0) is 16.2. The van der Waals surface area contributed by atoms with E-state index in [1.807, 2.05) is 0 Å². The molecule has 0 bridgehead atoms. The lowest BCUT2D eigenvalue weighted by Crippen LogP contribution is -2.45. The summed E-state index contributed by atoms with van der Waals surface area (Å²) < 4.78 is 7.75. The van der Waals surface area contributed by atoms with Crippen molar-refractivity contribution in [2.45, 2.75) is 70.7 Å². The lowest BCUT2D eigenvalue weighted by Gasteiger charge is -2.36. The normalized spacial score (nSPS) is 29.5. The van der Waals surface area contributed by atoms with Gasteiger partial charge in [-0.05, 0) is 44.7 Å². The Bertz CT molecular complexity index is 486. The second kappa shape index (κ2) is 7.77. The van der Waals surface area contributed by atoms with E-state index in [-0.39, 0.29) is 12.0 Å². The van der Waals surface area contributed by atoms with E-state index >= 15 is 0 Å². The Morgan fingerprint density at radius 3 is 2.91 bits per heavy atom. The van der Waals surface area contributed by atoms with Crippen LogP contribution in [0.1, 0.15) is 57.7 Å². The molecular formula is C18H31N3O2. The third-order valence-corrected chi connectivity index (χ3v) is 5.62. The van der Waals surface area contributed by atoms with Crippen molar-refractivity contribution in [3.05, 3.63) is 18.0 Å². The van der Waals surface area contributed by atoms with Crippen LogP contribution in [-0.4, -0.2) is 51.7 Å². The Labute approximate surface area is 139 Å². The molecule has 1 aromatic heterocycles. The van der Waals surface area contributed by atoms with Gasteiger partial charge < -0.3 is 9.84 Å². The molecule has 0 unspecified atom stereocenters. The van der Waals surface area contributed by atoms with Gasteiger partial charge in [0.15, 0.2) is 0 Å². The molecule has 2 aliphatic rings. The maximum absolute atomic E-state index is 10.3. The van der Waals surface area contributed by atoms with Crippen molar-refractivity contribution in [2.75, 3.05) is 19.8 Å². The Morgan fingerprint density at radius 1 is 1.35 bits per heavy atom. The second-order valence-electron chi connectivity index (χ2n) is 7.03. The summed E-state index contributed by atoms with van der Waals surface area (Å²) in [7, 11) is 0. The summed E-state index contributed by atoms with van der Waals surface area (Å²) in [4.78, 5) is 2.50. The molecule has 3 heterocycles. The van der Waals surface area contributed by atoms with E-state index < -0.39 is 0 Å². The molecule has 23 heavy (non-hydrogen) atoms. The van der Waals surface area contributed by atoms with E-state index in [0.29, 0.717) is 25.3 Å². The van der Waals surface area contributed by atoms with E-state index in [9.17, 15) is 5.11 Å². The number of aliphatic hydroxyl groups excluding tert-OH is 1. The predicted octanol–water partition coefficient (Wildman–Crippen LogP) is 2.61. The van der Waals surface area contributed by atoms with Gasteiger partial charge in [-0.1, -0.05) is 13.8 Å². The van der Waals surface area contributed by atoms with E-state index in [1.54, 1.807) is 0 Å². The van der Waals surface area contributed by atoms with Gasteiger partial charge in [-0.3, -0.25) is 9.58 Å². The molecule has 0 spiro atoms. The average Bonchev–Trinajstić information content (AvgIpc) is 3.20. The zero-order valence-electron chi connectivity index (χ0n) is 14.5. The summed E-state index contributed by atoms with van der Waals surface area (Å²) >= 11 is 0. The summed E-state index contributed by atoms with van der Waals surface area (Å²) in [6.45, 7) is 7.83. The first-order valence-electron chi connectivity index (χ1n) is 9.26. The Morgan fingerprint density at radius 2 is 2.17 bits per heavy atom. The largest absolute Gasteiger partial charge is 0.393 e. The minimum atomic E-state index is -0.212. The standard InChI is InChI=1S/C18H31N3O2/c1-3-15(4-2)21-10-7-14(19-21)12-20-9-5-6-17(20)16-13-23-11-8-18(16)22/h7,10,15-18,22H,3-6,8-9,11-13H2,1-2H3/t16-,17-,18+/m1/s1. The van der Waals surface area contributed by atoms with E-state index in [4.69, 9.17) is 9.84 Å². The molecule has 2 fully saturated rings. The van der Waals surface area contributed by atoms with Crippen LogP contribution in [0.5, 0.6) is 0 Å². The van der Waals surface area contributed by atoms with Crippen LogP contribution in [0.25, 0.3) is 0 Å². The molecule has 1 aromatic rings. The van der Waals surface area contributed by atoms with Crippen molar-refractivity contribution in [1.82, 2.24) is 14.7 Å². The molecule has 1 N–H and O–H groups in total. The molecule has 5 heteroatoms. The molecule has 2 aliphatic heterocycles. The van der Waals surface area contributed by atoms with Gasteiger partial charge in [0.1, 0.15) is 0 Å². The van der Waals surface area contributed by atoms with E-state index in [2.05, 4.69) is 35.7 Å². The predicted molar refractivity (Wildman–Crippen MR) is 90.2 cm³/mol. The third-order valence-electron chi connectivity index (χ3n) is 5.62. The lowest BCUT2D eigenvalue weighted by molar-refractivity contribution is -0.0637. The maximum atomic E-state index is 10.3. The van der Waals surface area contributed by atoms with Crippen LogP contribution in [0.2, 0.25) is 0 Å². The van der Waals surface area contributed by atoms with Gasteiger partial charge in [-0.25, -0.2) is 0 Å². The fraction of sp³-hybridized carbons (Fsp3) is 0.833. The van der Waals surface area contributed by atoms with Gasteiger partial charge in [-0.2, -0.15) is 5.10 Å². The number of hydrogen-bond acceptors (Lipinski definition) is 4. The highest BCUT2D eigenvalue weighted by molar-refractivity contribution is 5.02. The first-order chi connectivity index (χ1) is 11.2. The van der Waals surface area contributed by atoms with Gasteiger partial charge in [0.05, 0.1) is 24.4 Å². The number of nitrogens with zero attached hydrogens (tertiary/aromatic N) is 3. The fourth-order valence-electron chi connectivity index (χ4n) is 4.19. The highest BCUT2D eigenvalue weighted by atomic mass is 16.5. The van der Waals surface area contributed by atoms with Crippen molar-refractivity contribution >= 4 is 0 Å². The number of ether oxygens (including phenoxy) is 1. The molecule has 5 nitrogen and oxygen atoms in total. The van der Waals surface area contributed by atoms with Crippen LogP contribution in [-0.2, 0) is 11.3 Å². The molecule has 0 amide bonds. The number of aliphatic hydroxyl groups is 1. The highest BCUT2D eigenvalue weighted by Crippen LogP contribution is 2.30. The van der Waals surface area contributed by atoms with Gasteiger partial charge in [0.2, 0.25) is 0 Å². The second-order valence-corrected chi connectivity index (χ2v) is 7.03. The van der Waals surface area contributed by atoms with Crippen molar-refractivity contribution < 1.29 is 9.84 Å². The lowest BCUT2D eigenvalue weighted by atomic mass is 9.89. The molecule has 2 saturated heterocycles. The fourth-order valence-corrected chi connectivity index (χ4v) is 4.19. The number of rotatable bonds is 6. The molecule has 0 aliphatic carbocycles. The number of hydrogen-bond donors (Lipinski definition) is 1. The van der Waals surface area contributed by atoms with Crippen LogP contribution < -0.4 is 0 Å². The molecule has 0 radical (unpaired) electrons. The Balaban J connectivity index is 1.64. The Hall–Kier alpha value is -0.910.